The molecule has 1 aromatic heterocycles. The predicted molar refractivity (Wildman–Crippen MR) is 105 cm³/mol. The molecule has 1 aliphatic heterocycles. The Hall–Kier alpha value is -3.40. The van der Waals surface area contributed by atoms with Crippen molar-refractivity contribution in [3.05, 3.63) is 53.0 Å². The van der Waals surface area contributed by atoms with Crippen LogP contribution in [0.15, 0.2) is 36.0 Å². The molecule has 1 spiro atoms. The standard InChI is InChI=1S/C21H20FN5O/c1-27(2)20(28)17-16(24)4-3-14(18(17)22)13-7-15-19(25-10-13)26-11-21(15)8-12(9-21)5-6-23/h3-5,7,10H,8-9,11,24H2,1-2H3,(H,25,26). The van der Waals surface area contributed by atoms with E-state index in [1.807, 2.05) is 6.07 Å². The normalized spacial score (nSPS) is 19.4. The second-order valence-electron chi connectivity index (χ2n) is 7.63. The number of carbonyl (C=O) groups excluding carboxylic acids is 1. The van der Waals surface area contributed by atoms with E-state index in [2.05, 4.69) is 16.4 Å². The highest BCUT2D eigenvalue weighted by molar-refractivity contribution is 6.00. The van der Waals surface area contributed by atoms with E-state index < -0.39 is 11.7 Å². The molecule has 142 valence electrons. The molecule has 2 aromatic rings. The van der Waals surface area contributed by atoms with Gasteiger partial charge < -0.3 is 16.0 Å². The first-order valence-corrected chi connectivity index (χ1v) is 8.98. The van der Waals surface area contributed by atoms with E-state index in [9.17, 15) is 4.79 Å². The monoisotopic (exact) mass is 377 g/mol. The van der Waals surface area contributed by atoms with Gasteiger partial charge in [-0.15, -0.1) is 0 Å². The molecule has 2 aliphatic rings. The predicted octanol–water partition coefficient (Wildman–Crippen LogP) is 3.08. The molecule has 0 unspecified atom stereocenters. The van der Waals surface area contributed by atoms with Crippen molar-refractivity contribution >= 4 is 17.4 Å². The van der Waals surface area contributed by atoms with Crippen molar-refractivity contribution < 1.29 is 9.18 Å². The van der Waals surface area contributed by atoms with Gasteiger partial charge in [0, 0.05) is 60.7 Å². The molecule has 3 N–H and O–H groups in total. The third-order valence-electron chi connectivity index (χ3n) is 5.56. The van der Waals surface area contributed by atoms with Crippen molar-refractivity contribution in [2.45, 2.75) is 18.3 Å². The fourth-order valence-corrected chi connectivity index (χ4v) is 4.09. The smallest absolute Gasteiger partial charge is 0.258 e. The van der Waals surface area contributed by atoms with Crippen molar-refractivity contribution in [2.75, 3.05) is 31.7 Å². The van der Waals surface area contributed by atoms with E-state index in [1.54, 1.807) is 38.5 Å². The molecular weight excluding hydrogens is 357 g/mol. The summed E-state index contributed by atoms with van der Waals surface area (Å²) in [7, 11) is 3.12. The lowest BCUT2D eigenvalue weighted by molar-refractivity contribution is 0.0824. The number of nitriles is 1. The Morgan fingerprint density at radius 3 is 2.86 bits per heavy atom. The van der Waals surface area contributed by atoms with E-state index in [0.29, 0.717) is 11.1 Å². The second-order valence-corrected chi connectivity index (χ2v) is 7.63. The Balaban J connectivity index is 1.77. The number of hydrogen-bond acceptors (Lipinski definition) is 5. The van der Waals surface area contributed by atoms with Gasteiger partial charge in [0.2, 0.25) is 0 Å². The van der Waals surface area contributed by atoms with Crippen LogP contribution >= 0.6 is 0 Å². The zero-order chi connectivity index (χ0) is 20.1. The summed E-state index contributed by atoms with van der Waals surface area (Å²) in [5, 5.41) is 12.2. The lowest BCUT2D eigenvalue weighted by atomic mass is 9.63. The van der Waals surface area contributed by atoms with E-state index in [1.165, 1.54) is 4.90 Å². The van der Waals surface area contributed by atoms with Crippen LogP contribution in [0.2, 0.25) is 0 Å². The van der Waals surface area contributed by atoms with Gasteiger partial charge >= 0.3 is 0 Å². The summed E-state index contributed by atoms with van der Waals surface area (Å²) < 4.78 is 15.2. The molecule has 0 bridgehead atoms. The molecule has 1 saturated carbocycles. The number of aromatic nitrogens is 1. The molecule has 0 saturated heterocycles. The molecule has 6 nitrogen and oxygen atoms in total. The summed E-state index contributed by atoms with van der Waals surface area (Å²) in [5.74, 6) is -0.325. The fraction of sp³-hybridized carbons (Fsp3) is 0.286. The number of rotatable bonds is 2. The maximum Gasteiger partial charge on any atom is 0.258 e. The average molecular weight is 377 g/mol. The number of amides is 1. The van der Waals surface area contributed by atoms with Gasteiger partial charge in [-0.25, -0.2) is 9.37 Å². The fourth-order valence-electron chi connectivity index (χ4n) is 4.09. The van der Waals surface area contributed by atoms with Gasteiger partial charge in [-0.3, -0.25) is 4.79 Å². The molecule has 1 aromatic carbocycles. The first kappa shape index (κ1) is 18.0. The van der Waals surface area contributed by atoms with E-state index >= 15 is 4.39 Å². The van der Waals surface area contributed by atoms with Crippen molar-refractivity contribution in [1.29, 1.82) is 5.26 Å². The van der Waals surface area contributed by atoms with E-state index in [-0.39, 0.29) is 16.7 Å². The molecule has 1 amide bonds. The van der Waals surface area contributed by atoms with Crippen molar-refractivity contribution in [1.82, 2.24) is 9.88 Å². The first-order valence-electron chi connectivity index (χ1n) is 8.98. The molecule has 0 atom stereocenters. The van der Waals surface area contributed by atoms with Crippen LogP contribution in [0.5, 0.6) is 0 Å². The molecular formula is C21H20FN5O. The topological polar surface area (TPSA) is 95.0 Å². The minimum absolute atomic E-state index is 0.104. The van der Waals surface area contributed by atoms with Crippen molar-refractivity contribution in [2.24, 2.45) is 0 Å². The average Bonchev–Trinajstić information content (AvgIpc) is 3.00. The molecule has 0 radical (unpaired) electrons. The minimum atomic E-state index is -0.640. The van der Waals surface area contributed by atoms with Gasteiger partial charge in [-0.1, -0.05) is 5.57 Å². The van der Waals surface area contributed by atoms with Crippen molar-refractivity contribution in [3.8, 4) is 17.2 Å². The number of carbonyl (C=O) groups is 1. The lowest BCUT2D eigenvalue weighted by Crippen LogP contribution is -2.38. The van der Waals surface area contributed by atoms with Gasteiger partial charge in [-0.2, -0.15) is 5.26 Å². The summed E-state index contributed by atoms with van der Waals surface area (Å²) in [6.07, 6.45) is 4.79. The minimum Gasteiger partial charge on any atom is -0.398 e. The van der Waals surface area contributed by atoms with E-state index in [4.69, 9.17) is 11.0 Å². The van der Waals surface area contributed by atoms with Gasteiger partial charge in [0.1, 0.15) is 11.6 Å². The SMILES string of the molecule is CN(C)C(=O)c1c(N)ccc(-c2cnc3c(c2)C2(CN3)CC(=CC#N)C2)c1F. The number of pyridine rings is 1. The highest BCUT2D eigenvalue weighted by Crippen LogP contribution is 2.53. The van der Waals surface area contributed by atoms with Crippen LogP contribution in [-0.4, -0.2) is 36.4 Å². The first-order chi connectivity index (χ1) is 13.4. The Bertz CT molecular complexity index is 1060. The highest BCUT2D eigenvalue weighted by atomic mass is 19.1. The van der Waals surface area contributed by atoms with Gasteiger partial charge in [0.15, 0.2) is 0 Å². The number of nitrogens with one attached hydrogen (secondary N) is 1. The molecule has 1 fully saturated rings. The molecule has 1 aliphatic carbocycles. The van der Waals surface area contributed by atoms with Crippen LogP contribution in [-0.2, 0) is 5.41 Å². The summed E-state index contributed by atoms with van der Waals surface area (Å²) in [6.45, 7) is 0.746. The number of fused-ring (bicyclic) bond motifs is 2. The number of allylic oxidation sites excluding steroid dienone is 2. The van der Waals surface area contributed by atoms with Crippen LogP contribution < -0.4 is 11.1 Å². The summed E-state index contributed by atoms with van der Waals surface area (Å²) >= 11 is 0. The van der Waals surface area contributed by atoms with Crippen LogP contribution in [0.25, 0.3) is 11.1 Å². The maximum atomic E-state index is 15.2. The van der Waals surface area contributed by atoms with Gasteiger partial charge in [0.05, 0.1) is 11.6 Å². The zero-order valence-electron chi connectivity index (χ0n) is 15.7. The van der Waals surface area contributed by atoms with E-state index in [0.717, 1.165) is 36.3 Å². The number of benzene rings is 1. The van der Waals surface area contributed by atoms with Crippen molar-refractivity contribution in [3.63, 3.8) is 0 Å². The Labute approximate surface area is 162 Å². The number of halogens is 1. The number of anilines is 2. The van der Waals surface area contributed by atoms with Crippen LogP contribution in [0.1, 0.15) is 28.8 Å². The van der Waals surface area contributed by atoms with Crippen LogP contribution in [0.4, 0.5) is 15.9 Å². The second kappa shape index (κ2) is 6.34. The number of nitrogen functional groups attached to an aromatic ring is 1. The third kappa shape index (κ3) is 2.61. The highest BCUT2D eigenvalue weighted by Gasteiger charge is 2.47. The van der Waals surface area contributed by atoms with Gasteiger partial charge in [0.25, 0.3) is 5.91 Å². The Kier molecular flexibility index (Phi) is 4.07. The molecule has 7 heteroatoms. The summed E-state index contributed by atoms with van der Waals surface area (Å²) in [6, 6.07) is 7.14. The number of nitrogens with zero attached hydrogens (tertiary/aromatic N) is 3. The van der Waals surface area contributed by atoms with Crippen LogP contribution in [0, 0.1) is 17.1 Å². The quantitative estimate of drug-likeness (QED) is 0.619. The van der Waals surface area contributed by atoms with Gasteiger partial charge in [-0.05, 0) is 31.0 Å². The lowest BCUT2D eigenvalue weighted by Gasteiger charge is -2.40. The zero-order valence-corrected chi connectivity index (χ0v) is 15.7. The summed E-state index contributed by atoms with van der Waals surface area (Å²) in [4.78, 5) is 18.1. The summed E-state index contributed by atoms with van der Waals surface area (Å²) in [5.41, 5.74) is 8.78. The maximum absolute atomic E-state index is 15.2. The van der Waals surface area contributed by atoms with Crippen LogP contribution in [0.3, 0.4) is 0 Å². The third-order valence-corrected chi connectivity index (χ3v) is 5.56. The largest absolute Gasteiger partial charge is 0.398 e. The number of nitrogens with two attached hydrogens (primary N) is 1. The Morgan fingerprint density at radius 1 is 1.43 bits per heavy atom. The number of hydrogen-bond donors (Lipinski definition) is 2. The Morgan fingerprint density at radius 2 is 2.18 bits per heavy atom. The molecule has 2 heterocycles. The molecule has 4 rings (SSSR count). The molecule has 28 heavy (non-hydrogen) atoms.